The third-order valence-corrected chi connectivity index (χ3v) is 2.90. The monoisotopic (exact) mass is 248 g/mol. The van der Waals surface area contributed by atoms with Gasteiger partial charge in [0.25, 0.3) is 0 Å². The number of halogens is 3. The summed E-state index contributed by atoms with van der Waals surface area (Å²) < 4.78 is 38.0. The summed E-state index contributed by atoms with van der Waals surface area (Å²) in [5.41, 5.74) is 0.633. The Balaban J connectivity index is 2.41. The molecule has 0 N–H and O–H groups in total. The van der Waals surface area contributed by atoms with Gasteiger partial charge in [0, 0.05) is 0 Å². The molecule has 0 aliphatic rings. The fraction of sp³-hybridized carbons (Fsp3) is 0.200. The third-order valence-electron chi connectivity index (χ3n) is 2.90. The Morgan fingerprint density at radius 2 is 1.72 bits per heavy atom. The van der Waals surface area contributed by atoms with E-state index in [1.54, 1.807) is 12.1 Å². The molecule has 92 valence electrons. The van der Waals surface area contributed by atoms with Crippen molar-refractivity contribution in [3.05, 3.63) is 48.0 Å². The molecule has 0 bridgehead atoms. The molecule has 0 fully saturated rings. The van der Waals surface area contributed by atoms with Crippen molar-refractivity contribution in [2.45, 2.75) is 12.6 Å². The van der Waals surface area contributed by atoms with Crippen molar-refractivity contribution in [3.8, 4) is 12.3 Å². The molecule has 0 heterocycles. The van der Waals surface area contributed by atoms with Crippen molar-refractivity contribution in [3.63, 3.8) is 0 Å². The first-order valence-corrected chi connectivity index (χ1v) is 5.52. The van der Waals surface area contributed by atoms with Crippen LogP contribution in [0, 0.1) is 18.3 Å². The lowest BCUT2D eigenvalue weighted by Gasteiger charge is -2.15. The topological polar surface area (TPSA) is 0 Å². The molecule has 0 aliphatic heterocycles. The van der Waals surface area contributed by atoms with Crippen molar-refractivity contribution in [1.29, 1.82) is 0 Å². The van der Waals surface area contributed by atoms with Crippen molar-refractivity contribution >= 4 is 10.8 Å². The third kappa shape index (κ3) is 2.48. The van der Waals surface area contributed by atoms with Crippen LogP contribution in [0.4, 0.5) is 13.2 Å². The molecule has 0 radical (unpaired) electrons. The van der Waals surface area contributed by atoms with Crippen molar-refractivity contribution < 1.29 is 13.2 Å². The molecule has 2 aromatic rings. The van der Waals surface area contributed by atoms with E-state index >= 15 is 0 Å². The second-order valence-electron chi connectivity index (χ2n) is 4.10. The van der Waals surface area contributed by atoms with Gasteiger partial charge in [-0.25, -0.2) is 0 Å². The Labute approximate surface area is 103 Å². The molecular formula is C15H11F3. The fourth-order valence-electron chi connectivity index (χ4n) is 1.96. The standard InChI is InChI=1S/C15H11F3/c1-2-13(15(16,17)18)10-12-8-5-7-11-6-3-4-9-14(11)12/h1,3-9,13H,10H2. The fourth-order valence-corrected chi connectivity index (χ4v) is 1.96. The minimum Gasteiger partial charge on any atom is -0.170 e. The van der Waals surface area contributed by atoms with Crippen LogP contribution in [-0.2, 0) is 6.42 Å². The zero-order valence-corrected chi connectivity index (χ0v) is 9.54. The summed E-state index contributed by atoms with van der Waals surface area (Å²) in [6.07, 6.45) is 0.446. The summed E-state index contributed by atoms with van der Waals surface area (Å²) in [4.78, 5) is 0. The molecule has 1 atom stereocenters. The Bertz CT molecular complexity index is 585. The maximum Gasteiger partial charge on any atom is 0.402 e. The van der Waals surface area contributed by atoms with E-state index in [0.29, 0.717) is 5.56 Å². The first-order valence-electron chi connectivity index (χ1n) is 5.52. The van der Waals surface area contributed by atoms with E-state index in [2.05, 4.69) is 0 Å². The zero-order valence-electron chi connectivity index (χ0n) is 9.54. The number of rotatable bonds is 2. The summed E-state index contributed by atoms with van der Waals surface area (Å²) >= 11 is 0. The van der Waals surface area contributed by atoms with Gasteiger partial charge in [0.05, 0.1) is 0 Å². The van der Waals surface area contributed by atoms with Gasteiger partial charge in [-0.1, -0.05) is 48.4 Å². The minimum atomic E-state index is -4.36. The molecule has 2 rings (SSSR count). The highest BCUT2D eigenvalue weighted by Crippen LogP contribution is 2.30. The van der Waals surface area contributed by atoms with E-state index < -0.39 is 12.1 Å². The van der Waals surface area contributed by atoms with Crippen molar-refractivity contribution in [1.82, 2.24) is 0 Å². The van der Waals surface area contributed by atoms with E-state index in [1.807, 2.05) is 36.3 Å². The second kappa shape index (κ2) is 4.73. The van der Waals surface area contributed by atoms with Crippen molar-refractivity contribution in [2.75, 3.05) is 0 Å². The van der Waals surface area contributed by atoms with Gasteiger partial charge >= 0.3 is 6.18 Å². The summed E-state index contributed by atoms with van der Waals surface area (Å²) in [5.74, 6) is 0.0971. The van der Waals surface area contributed by atoms with Crippen LogP contribution in [0.25, 0.3) is 10.8 Å². The largest absolute Gasteiger partial charge is 0.402 e. The number of hydrogen-bond acceptors (Lipinski definition) is 0. The molecule has 0 nitrogen and oxygen atoms in total. The van der Waals surface area contributed by atoms with Gasteiger partial charge in [-0.2, -0.15) is 13.2 Å². The predicted molar refractivity (Wildman–Crippen MR) is 66.0 cm³/mol. The SMILES string of the molecule is C#CC(Cc1cccc2ccccc12)C(F)(F)F. The predicted octanol–water partition coefficient (Wildman–Crippen LogP) is 4.19. The first-order chi connectivity index (χ1) is 8.52. The number of hydrogen-bond donors (Lipinski definition) is 0. The molecular weight excluding hydrogens is 237 g/mol. The van der Waals surface area contributed by atoms with Crippen molar-refractivity contribution in [2.24, 2.45) is 5.92 Å². The van der Waals surface area contributed by atoms with Gasteiger partial charge in [-0.05, 0) is 22.8 Å². The highest BCUT2D eigenvalue weighted by atomic mass is 19.4. The van der Waals surface area contributed by atoms with Crippen LogP contribution in [0.2, 0.25) is 0 Å². The highest BCUT2D eigenvalue weighted by molar-refractivity contribution is 5.85. The summed E-state index contributed by atoms with van der Waals surface area (Å²) in [5, 5.41) is 1.75. The lowest BCUT2D eigenvalue weighted by Crippen LogP contribution is -2.23. The Morgan fingerprint density at radius 3 is 2.39 bits per heavy atom. The Kier molecular flexibility index (Phi) is 3.29. The van der Waals surface area contributed by atoms with Crippen LogP contribution in [0.5, 0.6) is 0 Å². The molecule has 0 saturated heterocycles. The van der Waals surface area contributed by atoms with Gasteiger partial charge in [0.15, 0.2) is 0 Å². The zero-order chi connectivity index (χ0) is 13.2. The van der Waals surface area contributed by atoms with E-state index in [9.17, 15) is 13.2 Å². The Morgan fingerprint density at radius 1 is 1.06 bits per heavy atom. The van der Waals surface area contributed by atoms with E-state index in [-0.39, 0.29) is 6.42 Å². The van der Waals surface area contributed by atoms with Crippen LogP contribution >= 0.6 is 0 Å². The lowest BCUT2D eigenvalue weighted by molar-refractivity contribution is -0.157. The average Bonchev–Trinajstić information content (AvgIpc) is 2.34. The van der Waals surface area contributed by atoms with Crippen LogP contribution in [-0.4, -0.2) is 6.18 Å². The van der Waals surface area contributed by atoms with E-state index in [1.165, 1.54) is 0 Å². The number of alkyl halides is 3. The molecule has 0 saturated carbocycles. The van der Waals surface area contributed by atoms with E-state index in [0.717, 1.165) is 10.8 Å². The minimum absolute atomic E-state index is 0.179. The van der Waals surface area contributed by atoms with Gasteiger partial charge in [-0.3, -0.25) is 0 Å². The molecule has 0 aromatic heterocycles. The maximum atomic E-state index is 12.7. The normalized spacial score (nSPS) is 13.2. The van der Waals surface area contributed by atoms with Crippen LogP contribution < -0.4 is 0 Å². The molecule has 1 unspecified atom stereocenters. The average molecular weight is 248 g/mol. The quantitative estimate of drug-likeness (QED) is 0.699. The van der Waals surface area contributed by atoms with E-state index in [4.69, 9.17) is 6.42 Å². The van der Waals surface area contributed by atoms with Gasteiger partial charge in [-0.15, -0.1) is 6.42 Å². The van der Waals surface area contributed by atoms with Gasteiger partial charge in [0.1, 0.15) is 5.92 Å². The molecule has 0 amide bonds. The molecule has 0 spiro atoms. The molecule has 3 heteroatoms. The number of fused-ring (bicyclic) bond motifs is 1. The Hall–Kier alpha value is -1.95. The van der Waals surface area contributed by atoms with Gasteiger partial charge < -0.3 is 0 Å². The molecule has 18 heavy (non-hydrogen) atoms. The van der Waals surface area contributed by atoms with Crippen LogP contribution in [0.1, 0.15) is 5.56 Å². The second-order valence-corrected chi connectivity index (χ2v) is 4.10. The summed E-state index contributed by atoms with van der Waals surface area (Å²) in [6, 6.07) is 12.7. The highest BCUT2D eigenvalue weighted by Gasteiger charge is 2.38. The first kappa shape index (κ1) is 12.5. The smallest absolute Gasteiger partial charge is 0.170 e. The van der Waals surface area contributed by atoms with Crippen LogP contribution in [0.15, 0.2) is 42.5 Å². The van der Waals surface area contributed by atoms with Crippen LogP contribution in [0.3, 0.4) is 0 Å². The molecule has 2 aromatic carbocycles. The summed E-state index contributed by atoms with van der Waals surface area (Å²) in [7, 11) is 0. The summed E-state index contributed by atoms with van der Waals surface area (Å²) in [6.45, 7) is 0. The lowest BCUT2D eigenvalue weighted by atomic mass is 9.95. The van der Waals surface area contributed by atoms with Gasteiger partial charge in [0.2, 0.25) is 0 Å². The number of terminal acetylenes is 1. The molecule has 0 aliphatic carbocycles. The maximum absolute atomic E-state index is 12.7. The number of benzene rings is 2.